The lowest BCUT2D eigenvalue weighted by molar-refractivity contribution is -0.141. The second kappa shape index (κ2) is 6.27. The smallest absolute Gasteiger partial charge is 0.323 e. The molecule has 0 saturated heterocycles. The Morgan fingerprint density at radius 3 is 1.75 bits per heavy atom. The highest BCUT2D eigenvalue weighted by Gasteiger charge is 2.15. The summed E-state index contributed by atoms with van der Waals surface area (Å²) in [6.07, 6.45) is 0. The van der Waals surface area contributed by atoms with Gasteiger partial charge in [0.1, 0.15) is 19.6 Å². The molecular formula is C8H12N2O6. The van der Waals surface area contributed by atoms with Crippen LogP contribution >= 0.6 is 0 Å². The molecule has 0 rings (SSSR count). The largest absolute Gasteiger partial charge is 0.480 e. The Balaban J connectivity index is 4.36. The molecule has 0 aromatic carbocycles. The number of carbonyl (C=O) groups is 3. The fraction of sp³-hybridized carbons (Fsp3) is 0.375. The molecule has 0 amide bonds. The van der Waals surface area contributed by atoms with E-state index >= 15 is 0 Å². The first-order chi connectivity index (χ1) is 7.32. The van der Waals surface area contributed by atoms with Crippen molar-refractivity contribution < 1.29 is 29.7 Å². The predicted octanol–water partition coefficient (Wildman–Crippen LogP) is -1.40. The molecule has 0 radical (unpaired) electrons. The summed E-state index contributed by atoms with van der Waals surface area (Å²) >= 11 is 0. The minimum Gasteiger partial charge on any atom is -0.480 e. The van der Waals surface area contributed by atoms with Gasteiger partial charge in [-0.1, -0.05) is 6.58 Å². The van der Waals surface area contributed by atoms with Crippen molar-refractivity contribution in [3.8, 4) is 0 Å². The Morgan fingerprint density at radius 2 is 1.44 bits per heavy atom. The van der Waals surface area contributed by atoms with Gasteiger partial charge in [0.05, 0.1) is 5.82 Å². The van der Waals surface area contributed by atoms with E-state index in [0.717, 1.165) is 4.90 Å². The van der Waals surface area contributed by atoms with E-state index in [-0.39, 0.29) is 5.82 Å². The quantitative estimate of drug-likeness (QED) is 0.402. The normalized spacial score (nSPS) is 9.25. The van der Waals surface area contributed by atoms with Crippen LogP contribution in [0.1, 0.15) is 0 Å². The van der Waals surface area contributed by atoms with Crippen LogP contribution in [0.4, 0.5) is 0 Å². The van der Waals surface area contributed by atoms with Crippen LogP contribution in [0.25, 0.3) is 0 Å². The van der Waals surface area contributed by atoms with E-state index < -0.39 is 37.5 Å². The zero-order valence-electron chi connectivity index (χ0n) is 8.34. The Bertz CT molecular complexity index is 298. The van der Waals surface area contributed by atoms with Crippen molar-refractivity contribution in [2.24, 2.45) is 0 Å². The lowest BCUT2D eigenvalue weighted by atomic mass is 10.4. The van der Waals surface area contributed by atoms with Gasteiger partial charge in [0.25, 0.3) is 0 Å². The first-order valence-corrected chi connectivity index (χ1v) is 4.16. The average Bonchev–Trinajstić information content (AvgIpc) is 2.11. The van der Waals surface area contributed by atoms with E-state index in [1.165, 1.54) is 0 Å². The number of carboxylic acid groups (broad SMARTS) is 3. The molecular weight excluding hydrogens is 220 g/mol. The SMILES string of the molecule is C=C(NCC(=O)O)N(CC(=O)O)CC(=O)O. The third kappa shape index (κ3) is 6.24. The number of rotatable bonds is 8. The molecule has 0 atom stereocenters. The van der Waals surface area contributed by atoms with Gasteiger partial charge in [0, 0.05) is 0 Å². The van der Waals surface area contributed by atoms with Crippen molar-refractivity contribution in [2.45, 2.75) is 0 Å². The van der Waals surface area contributed by atoms with E-state index in [0.29, 0.717) is 0 Å². The van der Waals surface area contributed by atoms with Crippen LogP contribution < -0.4 is 5.32 Å². The van der Waals surface area contributed by atoms with Crippen LogP contribution in [0, 0.1) is 0 Å². The van der Waals surface area contributed by atoms with E-state index in [2.05, 4.69) is 11.9 Å². The van der Waals surface area contributed by atoms with Crippen molar-refractivity contribution in [3.63, 3.8) is 0 Å². The number of carboxylic acids is 3. The predicted molar refractivity (Wildman–Crippen MR) is 51.6 cm³/mol. The molecule has 0 aliphatic heterocycles. The molecule has 0 heterocycles. The Hall–Kier alpha value is -2.25. The molecule has 0 aliphatic carbocycles. The van der Waals surface area contributed by atoms with E-state index in [9.17, 15) is 14.4 Å². The Labute approximate surface area is 90.8 Å². The number of nitrogens with one attached hydrogen (secondary N) is 1. The van der Waals surface area contributed by atoms with Crippen LogP contribution in [0.3, 0.4) is 0 Å². The van der Waals surface area contributed by atoms with Gasteiger partial charge in [0.15, 0.2) is 0 Å². The molecule has 8 nitrogen and oxygen atoms in total. The number of nitrogens with zero attached hydrogens (tertiary/aromatic N) is 1. The lowest BCUT2D eigenvalue weighted by Crippen LogP contribution is -2.39. The highest BCUT2D eigenvalue weighted by molar-refractivity contribution is 5.73. The van der Waals surface area contributed by atoms with Gasteiger partial charge in [-0.3, -0.25) is 14.4 Å². The van der Waals surface area contributed by atoms with Gasteiger partial charge in [0.2, 0.25) is 0 Å². The number of hydrogen-bond donors (Lipinski definition) is 4. The van der Waals surface area contributed by atoms with Crippen molar-refractivity contribution in [1.29, 1.82) is 0 Å². The summed E-state index contributed by atoms with van der Waals surface area (Å²) in [4.78, 5) is 32.0. The second-order valence-corrected chi connectivity index (χ2v) is 2.84. The lowest BCUT2D eigenvalue weighted by Gasteiger charge is -2.23. The molecule has 0 spiro atoms. The minimum absolute atomic E-state index is 0.0628. The Morgan fingerprint density at radius 1 is 1.00 bits per heavy atom. The summed E-state index contributed by atoms with van der Waals surface area (Å²) in [5, 5.41) is 27.7. The summed E-state index contributed by atoms with van der Waals surface area (Å²) in [5.41, 5.74) is 0. The summed E-state index contributed by atoms with van der Waals surface area (Å²) in [7, 11) is 0. The molecule has 0 bridgehead atoms. The first kappa shape index (κ1) is 13.8. The molecule has 0 aromatic rings. The van der Waals surface area contributed by atoms with Crippen molar-refractivity contribution in [3.05, 3.63) is 12.4 Å². The molecule has 16 heavy (non-hydrogen) atoms. The van der Waals surface area contributed by atoms with Crippen LogP contribution in [-0.4, -0.2) is 57.8 Å². The maximum Gasteiger partial charge on any atom is 0.323 e. The van der Waals surface area contributed by atoms with Crippen molar-refractivity contribution in [2.75, 3.05) is 19.6 Å². The van der Waals surface area contributed by atoms with Crippen LogP contribution in [0.5, 0.6) is 0 Å². The summed E-state index contributed by atoms with van der Waals surface area (Å²) in [6.45, 7) is 1.75. The third-order valence-corrected chi connectivity index (χ3v) is 1.48. The third-order valence-electron chi connectivity index (χ3n) is 1.48. The van der Waals surface area contributed by atoms with Gasteiger partial charge in [-0.05, 0) is 0 Å². The summed E-state index contributed by atoms with van der Waals surface area (Å²) < 4.78 is 0. The standard InChI is InChI=1S/C8H12N2O6/c1-5(9-2-6(11)12)10(3-7(13)14)4-8(15)16/h9H,1-4H2,(H,11,12)(H,13,14)(H,15,16). The fourth-order valence-electron chi connectivity index (χ4n) is 0.863. The first-order valence-electron chi connectivity index (χ1n) is 4.16. The fourth-order valence-corrected chi connectivity index (χ4v) is 0.863. The summed E-state index contributed by atoms with van der Waals surface area (Å²) in [5.74, 6) is -3.70. The monoisotopic (exact) mass is 232 g/mol. The highest BCUT2D eigenvalue weighted by atomic mass is 16.4. The second-order valence-electron chi connectivity index (χ2n) is 2.84. The maximum absolute atomic E-state index is 10.4. The molecule has 90 valence electrons. The van der Waals surface area contributed by atoms with Gasteiger partial charge >= 0.3 is 17.9 Å². The van der Waals surface area contributed by atoms with Crippen LogP contribution in [-0.2, 0) is 14.4 Å². The number of hydrogen-bond acceptors (Lipinski definition) is 5. The molecule has 8 heteroatoms. The van der Waals surface area contributed by atoms with E-state index in [4.69, 9.17) is 15.3 Å². The zero-order chi connectivity index (χ0) is 12.7. The molecule has 0 aromatic heterocycles. The maximum atomic E-state index is 10.4. The molecule has 0 fully saturated rings. The Kier molecular flexibility index (Phi) is 5.39. The molecule has 0 unspecified atom stereocenters. The highest BCUT2D eigenvalue weighted by Crippen LogP contribution is 1.97. The molecule has 0 saturated carbocycles. The van der Waals surface area contributed by atoms with Gasteiger partial charge in [-0.25, -0.2) is 0 Å². The topological polar surface area (TPSA) is 127 Å². The van der Waals surface area contributed by atoms with E-state index in [1.807, 2.05) is 0 Å². The van der Waals surface area contributed by atoms with Gasteiger partial charge in [-0.15, -0.1) is 0 Å². The minimum atomic E-state index is -1.24. The van der Waals surface area contributed by atoms with Crippen molar-refractivity contribution in [1.82, 2.24) is 10.2 Å². The van der Waals surface area contributed by atoms with E-state index in [1.54, 1.807) is 0 Å². The van der Waals surface area contributed by atoms with Gasteiger partial charge in [-0.2, -0.15) is 0 Å². The molecule has 0 aliphatic rings. The van der Waals surface area contributed by atoms with Gasteiger partial charge < -0.3 is 25.5 Å². The van der Waals surface area contributed by atoms with Crippen molar-refractivity contribution >= 4 is 17.9 Å². The zero-order valence-corrected chi connectivity index (χ0v) is 8.34. The number of aliphatic carboxylic acids is 3. The average molecular weight is 232 g/mol. The molecule has 4 N–H and O–H groups in total. The summed E-state index contributed by atoms with van der Waals surface area (Å²) in [6, 6.07) is 0. The van der Waals surface area contributed by atoms with Crippen LogP contribution in [0.15, 0.2) is 12.4 Å². The van der Waals surface area contributed by atoms with Crippen LogP contribution in [0.2, 0.25) is 0 Å².